The molecule has 0 nitrogen and oxygen atoms in total. The third-order valence-corrected chi connectivity index (χ3v) is 25.6. The fourth-order valence-electron chi connectivity index (χ4n) is 5.56. The molecular weight excluding hydrogens is 395 g/mol. The van der Waals surface area contributed by atoms with Gasteiger partial charge in [0, 0.05) is 0 Å². The van der Waals surface area contributed by atoms with Crippen molar-refractivity contribution in [2.45, 2.75) is 95.8 Å². The zero-order valence-electron chi connectivity index (χ0n) is 16.9. The molecule has 1 aliphatic carbocycles. The molecular formula is C23H40Sn. The van der Waals surface area contributed by atoms with E-state index in [2.05, 4.69) is 65.0 Å². The molecule has 0 N–H and O–H groups in total. The van der Waals surface area contributed by atoms with Gasteiger partial charge >= 0.3 is 156 Å². The Labute approximate surface area is 155 Å². The van der Waals surface area contributed by atoms with Gasteiger partial charge in [-0.05, 0) is 0 Å². The molecule has 0 spiro atoms. The van der Waals surface area contributed by atoms with E-state index in [0.717, 1.165) is 9.85 Å². The Hall–Kier alpha value is 0.0187. The van der Waals surface area contributed by atoms with Crippen LogP contribution >= 0.6 is 0 Å². The zero-order chi connectivity index (χ0) is 17.6. The van der Waals surface area contributed by atoms with Crippen molar-refractivity contribution in [2.24, 2.45) is 5.92 Å². The Morgan fingerprint density at radius 1 is 0.833 bits per heavy atom. The maximum absolute atomic E-state index is 2.60. The number of benzene rings is 1. The Morgan fingerprint density at radius 2 is 1.29 bits per heavy atom. The van der Waals surface area contributed by atoms with E-state index in [1.54, 1.807) is 18.9 Å². The number of unbranched alkanes of at least 4 members (excludes halogenated alkanes) is 3. The second kappa shape index (κ2) is 9.10. The molecule has 0 amide bonds. The molecule has 0 heterocycles. The van der Waals surface area contributed by atoms with Crippen molar-refractivity contribution in [1.29, 1.82) is 0 Å². The molecule has 3 atom stereocenters. The van der Waals surface area contributed by atoms with Gasteiger partial charge in [-0.3, -0.25) is 0 Å². The van der Waals surface area contributed by atoms with Gasteiger partial charge in [-0.15, -0.1) is 0 Å². The molecule has 0 aromatic heterocycles. The fraction of sp³-hybridized carbons (Fsp3) is 0.739. The summed E-state index contributed by atoms with van der Waals surface area (Å²) in [7, 11) is 0. The van der Waals surface area contributed by atoms with Gasteiger partial charge in [0.1, 0.15) is 0 Å². The summed E-state index contributed by atoms with van der Waals surface area (Å²) in [6.45, 7) is 12.4. The summed E-state index contributed by atoms with van der Waals surface area (Å²) in [4.78, 5) is 0. The second-order valence-electron chi connectivity index (χ2n) is 8.59. The maximum atomic E-state index is 2.60. The minimum absolute atomic E-state index is 0.493. The molecule has 0 radical (unpaired) electrons. The van der Waals surface area contributed by atoms with Crippen molar-refractivity contribution >= 4 is 18.4 Å². The third kappa shape index (κ3) is 4.05. The molecule has 136 valence electrons. The number of hydrogen-bond donors (Lipinski definition) is 0. The number of hydrogen-bond acceptors (Lipinski definition) is 0. The standard InChI is InChI=1S/C11H13.3C4H9.Sn/c1-9-8-11(9,2)10-6-4-3-5-7-10;3*1-3-4-2;/h3-9H,1-2H3;3*1,3-4H2,2H3;/t9?,11-;;;;/m0..../s1. The monoisotopic (exact) mass is 436 g/mol. The van der Waals surface area contributed by atoms with Gasteiger partial charge in [-0.1, -0.05) is 0 Å². The Bertz CT molecular complexity index is 458. The summed E-state index contributed by atoms with van der Waals surface area (Å²) < 4.78 is 6.05. The number of rotatable bonds is 11. The summed E-state index contributed by atoms with van der Waals surface area (Å²) in [6, 6.07) is 11.5. The Kier molecular flexibility index (Phi) is 7.71. The molecule has 1 fully saturated rings. The summed E-state index contributed by atoms with van der Waals surface area (Å²) in [5.41, 5.74) is 2.13. The van der Waals surface area contributed by atoms with Crippen molar-refractivity contribution in [3.63, 3.8) is 0 Å². The van der Waals surface area contributed by atoms with E-state index in [1.807, 2.05) is 0 Å². The van der Waals surface area contributed by atoms with Crippen molar-refractivity contribution in [3.8, 4) is 0 Å². The van der Waals surface area contributed by atoms with E-state index >= 15 is 0 Å². The van der Waals surface area contributed by atoms with Crippen LogP contribution in [0.3, 0.4) is 0 Å². The fourth-order valence-corrected chi connectivity index (χ4v) is 28.0. The van der Waals surface area contributed by atoms with Gasteiger partial charge in [-0.25, -0.2) is 0 Å². The summed E-state index contributed by atoms with van der Waals surface area (Å²) in [5, 5.41) is 0. The molecule has 1 aliphatic rings. The SMILES string of the molecule is CCC[CH2][Sn]([CH2]CCC)([CH2]CCC)[C@@H]1C(C)[C@@]1(C)c1ccccc1. The summed E-state index contributed by atoms with van der Waals surface area (Å²) in [5.74, 6) is 0.918. The van der Waals surface area contributed by atoms with Gasteiger partial charge in [0.2, 0.25) is 0 Å². The van der Waals surface area contributed by atoms with E-state index in [0.29, 0.717) is 5.41 Å². The van der Waals surface area contributed by atoms with Gasteiger partial charge in [0.25, 0.3) is 0 Å². The van der Waals surface area contributed by atoms with Gasteiger partial charge in [0.05, 0.1) is 0 Å². The van der Waals surface area contributed by atoms with Crippen LogP contribution in [0.2, 0.25) is 17.2 Å². The topological polar surface area (TPSA) is 0 Å². The molecule has 1 unspecified atom stereocenters. The van der Waals surface area contributed by atoms with E-state index in [1.165, 1.54) is 38.5 Å². The third-order valence-electron chi connectivity index (χ3n) is 7.12. The van der Waals surface area contributed by atoms with Crippen LogP contribution in [0.1, 0.15) is 78.7 Å². The van der Waals surface area contributed by atoms with Crippen LogP contribution in [-0.2, 0) is 5.41 Å². The molecule has 24 heavy (non-hydrogen) atoms. The van der Waals surface area contributed by atoms with Crippen LogP contribution < -0.4 is 0 Å². The van der Waals surface area contributed by atoms with Crippen LogP contribution in [0.25, 0.3) is 0 Å². The first-order valence-electron chi connectivity index (χ1n) is 10.6. The first-order valence-corrected chi connectivity index (χ1v) is 18.3. The quantitative estimate of drug-likeness (QED) is 0.311. The average Bonchev–Trinajstić information content (AvgIpc) is 3.19. The summed E-state index contributed by atoms with van der Waals surface area (Å²) in [6.07, 6.45) is 8.66. The van der Waals surface area contributed by atoms with Gasteiger partial charge in [0.15, 0.2) is 0 Å². The molecule has 1 aromatic carbocycles. The van der Waals surface area contributed by atoms with Crippen LogP contribution in [0.15, 0.2) is 30.3 Å². The van der Waals surface area contributed by atoms with Gasteiger partial charge in [-0.2, -0.15) is 0 Å². The van der Waals surface area contributed by atoms with Crippen molar-refractivity contribution < 1.29 is 0 Å². The second-order valence-corrected chi connectivity index (χ2v) is 22.4. The summed E-state index contributed by atoms with van der Waals surface area (Å²) >= 11 is -2.12. The molecule has 0 bridgehead atoms. The van der Waals surface area contributed by atoms with Crippen molar-refractivity contribution in [1.82, 2.24) is 0 Å². The molecule has 0 saturated heterocycles. The predicted octanol–water partition coefficient (Wildman–Crippen LogP) is 7.81. The minimum atomic E-state index is -2.12. The van der Waals surface area contributed by atoms with Crippen molar-refractivity contribution in [2.75, 3.05) is 0 Å². The Balaban J connectivity index is 2.31. The van der Waals surface area contributed by atoms with Crippen molar-refractivity contribution in [3.05, 3.63) is 35.9 Å². The first kappa shape index (κ1) is 20.3. The van der Waals surface area contributed by atoms with Crippen LogP contribution in [0.4, 0.5) is 0 Å². The van der Waals surface area contributed by atoms with E-state index < -0.39 is 18.4 Å². The first-order chi connectivity index (χ1) is 11.6. The molecule has 1 heteroatoms. The van der Waals surface area contributed by atoms with E-state index in [-0.39, 0.29) is 0 Å². The molecule has 0 aliphatic heterocycles. The molecule has 1 saturated carbocycles. The van der Waals surface area contributed by atoms with Crippen LogP contribution in [0, 0.1) is 5.92 Å². The van der Waals surface area contributed by atoms with Crippen LogP contribution in [0.5, 0.6) is 0 Å². The van der Waals surface area contributed by atoms with Crippen LogP contribution in [-0.4, -0.2) is 18.4 Å². The van der Waals surface area contributed by atoms with Gasteiger partial charge < -0.3 is 0 Å². The predicted molar refractivity (Wildman–Crippen MR) is 112 cm³/mol. The Morgan fingerprint density at radius 3 is 1.71 bits per heavy atom. The van der Waals surface area contributed by atoms with E-state index in [4.69, 9.17) is 0 Å². The molecule has 2 rings (SSSR count). The van der Waals surface area contributed by atoms with E-state index in [9.17, 15) is 0 Å². The zero-order valence-corrected chi connectivity index (χ0v) is 19.8. The normalized spacial score (nSPS) is 26.5. The molecule has 1 aromatic rings. The average molecular weight is 435 g/mol.